The molecule has 0 bridgehead atoms. The molecule has 2 unspecified atom stereocenters. The van der Waals surface area contributed by atoms with Gasteiger partial charge >= 0.3 is 5.97 Å². The SMILES string of the molecule is CCCN(c1cccc(O)c1)C1C(=O)CC(CCc2ccccc2)(c2ccc(OCCO)cc2)OC1=O. The minimum atomic E-state index is -1.12. The first-order valence-electron chi connectivity index (χ1n) is 12.6. The number of phenolic OH excluding ortho intramolecular Hbond substituents is 1. The molecule has 7 heteroatoms. The van der Waals surface area contributed by atoms with E-state index in [1.54, 1.807) is 41.3 Å². The Labute approximate surface area is 217 Å². The average molecular weight is 504 g/mol. The number of Topliss-reactive ketones (excluding diaryl/α,β-unsaturated/α-hetero) is 1. The van der Waals surface area contributed by atoms with Crippen LogP contribution in [0.15, 0.2) is 78.9 Å². The van der Waals surface area contributed by atoms with Gasteiger partial charge in [-0.1, -0.05) is 55.5 Å². The van der Waals surface area contributed by atoms with Crippen molar-refractivity contribution < 1.29 is 29.3 Å². The largest absolute Gasteiger partial charge is 0.508 e. The van der Waals surface area contributed by atoms with Gasteiger partial charge in [0, 0.05) is 18.3 Å². The lowest BCUT2D eigenvalue weighted by Gasteiger charge is -2.42. The molecule has 0 amide bonds. The number of aromatic hydroxyl groups is 1. The Kier molecular flexibility index (Phi) is 8.46. The molecule has 4 rings (SSSR count). The van der Waals surface area contributed by atoms with Gasteiger partial charge in [0.05, 0.1) is 13.0 Å². The first kappa shape index (κ1) is 26.2. The van der Waals surface area contributed by atoms with Gasteiger partial charge in [-0.25, -0.2) is 4.79 Å². The van der Waals surface area contributed by atoms with Crippen LogP contribution in [0.3, 0.4) is 0 Å². The molecule has 0 spiro atoms. The van der Waals surface area contributed by atoms with E-state index in [0.717, 1.165) is 11.1 Å². The molecule has 1 aliphatic rings. The summed E-state index contributed by atoms with van der Waals surface area (Å²) in [5.41, 5.74) is 1.29. The molecule has 2 atom stereocenters. The van der Waals surface area contributed by atoms with E-state index in [-0.39, 0.29) is 31.2 Å². The van der Waals surface area contributed by atoms with E-state index in [1.807, 2.05) is 49.4 Å². The van der Waals surface area contributed by atoms with Gasteiger partial charge < -0.3 is 24.6 Å². The number of aryl methyl sites for hydroxylation is 1. The molecule has 2 N–H and O–H groups in total. The third kappa shape index (κ3) is 6.12. The number of nitrogens with zero attached hydrogens (tertiary/aromatic N) is 1. The van der Waals surface area contributed by atoms with E-state index in [4.69, 9.17) is 14.6 Å². The summed E-state index contributed by atoms with van der Waals surface area (Å²) in [5.74, 6) is -0.167. The van der Waals surface area contributed by atoms with E-state index in [1.165, 1.54) is 0 Å². The molecular weight excluding hydrogens is 470 g/mol. The second-order valence-corrected chi connectivity index (χ2v) is 9.26. The van der Waals surface area contributed by atoms with Crippen molar-refractivity contribution in [1.82, 2.24) is 0 Å². The summed E-state index contributed by atoms with van der Waals surface area (Å²) in [6.45, 7) is 2.52. The van der Waals surface area contributed by atoms with Crippen molar-refractivity contribution in [2.24, 2.45) is 0 Å². The van der Waals surface area contributed by atoms with E-state index in [2.05, 4.69) is 0 Å². The highest BCUT2D eigenvalue weighted by molar-refractivity contribution is 6.08. The molecule has 7 nitrogen and oxygen atoms in total. The number of aliphatic hydroxyl groups excluding tert-OH is 1. The van der Waals surface area contributed by atoms with Crippen LogP contribution in [-0.2, 0) is 26.3 Å². The predicted octanol–water partition coefficient (Wildman–Crippen LogP) is 4.39. The van der Waals surface area contributed by atoms with Gasteiger partial charge in [0.15, 0.2) is 11.8 Å². The molecule has 37 heavy (non-hydrogen) atoms. The number of carbonyl (C=O) groups excluding carboxylic acids is 2. The zero-order chi connectivity index (χ0) is 26.3. The van der Waals surface area contributed by atoms with E-state index >= 15 is 0 Å². The minimum absolute atomic E-state index is 0.0338. The van der Waals surface area contributed by atoms with Crippen LogP contribution in [0.2, 0.25) is 0 Å². The average Bonchev–Trinajstić information content (AvgIpc) is 2.91. The number of hydrogen-bond donors (Lipinski definition) is 2. The zero-order valence-corrected chi connectivity index (χ0v) is 21.0. The van der Waals surface area contributed by atoms with Crippen LogP contribution in [-0.4, -0.2) is 47.8 Å². The Morgan fingerprint density at radius 1 is 1.03 bits per heavy atom. The monoisotopic (exact) mass is 503 g/mol. The molecule has 0 radical (unpaired) electrons. The Morgan fingerprint density at radius 3 is 2.43 bits per heavy atom. The van der Waals surface area contributed by atoms with Crippen LogP contribution < -0.4 is 9.64 Å². The second-order valence-electron chi connectivity index (χ2n) is 9.26. The Balaban J connectivity index is 1.65. The molecule has 194 valence electrons. The fourth-order valence-electron chi connectivity index (χ4n) is 4.87. The van der Waals surface area contributed by atoms with Crippen molar-refractivity contribution in [3.05, 3.63) is 90.0 Å². The molecule has 3 aromatic carbocycles. The molecule has 1 fully saturated rings. The van der Waals surface area contributed by atoms with Crippen LogP contribution in [0.25, 0.3) is 0 Å². The summed E-state index contributed by atoms with van der Waals surface area (Å²) >= 11 is 0. The topological polar surface area (TPSA) is 96.3 Å². The third-order valence-corrected chi connectivity index (χ3v) is 6.62. The maximum absolute atomic E-state index is 13.7. The molecule has 3 aromatic rings. The first-order valence-corrected chi connectivity index (χ1v) is 12.6. The Hall–Kier alpha value is -3.84. The van der Waals surface area contributed by atoms with E-state index in [9.17, 15) is 14.7 Å². The van der Waals surface area contributed by atoms with Crippen molar-refractivity contribution >= 4 is 17.4 Å². The molecule has 1 saturated heterocycles. The van der Waals surface area contributed by atoms with Crippen LogP contribution >= 0.6 is 0 Å². The molecule has 0 saturated carbocycles. The summed E-state index contributed by atoms with van der Waals surface area (Å²) in [7, 11) is 0. The number of ketones is 1. The molecule has 0 aromatic heterocycles. The zero-order valence-electron chi connectivity index (χ0n) is 21.0. The summed E-state index contributed by atoms with van der Waals surface area (Å²) in [4.78, 5) is 29.0. The number of ether oxygens (including phenoxy) is 2. The van der Waals surface area contributed by atoms with Gasteiger partial charge in [-0.2, -0.15) is 0 Å². The fourth-order valence-corrected chi connectivity index (χ4v) is 4.87. The fraction of sp³-hybridized carbons (Fsp3) is 0.333. The molecule has 1 aliphatic heterocycles. The number of anilines is 1. The Morgan fingerprint density at radius 2 is 1.78 bits per heavy atom. The van der Waals surface area contributed by atoms with Crippen LogP contribution in [0.4, 0.5) is 5.69 Å². The van der Waals surface area contributed by atoms with Gasteiger partial charge in [-0.15, -0.1) is 0 Å². The number of phenols is 1. The summed E-state index contributed by atoms with van der Waals surface area (Å²) in [5, 5.41) is 19.0. The third-order valence-electron chi connectivity index (χ3n) is 6.62. The van der Waals surface area contributed by atoms with E-state index < -0.39 is 17.6 Å². The highest BCUT2D eigenvalue weighted by Crippen LogP contribution is 2.41. The van der Waals surface area contributed by atoms with Crippen LogP contribution in [0.1, 0.15) is 37.3 Å². The standard InChI is InChI=1S/C30H33NO6/c1-2-17-31(24-9-6-10-25(33)20-24)28-27(34)21-30(37-29(28)35,16-15-22-7-4-3-5-8-22)23-11-13-26(14-12-23)36-19-18-32/h3-14,20,28,32-33H,2,15-19,21H2,1H3. The number of benzene rings is 3. The van der Waals surface area contributed by atoms with Crippen molar-refractivity contribution in [3.8, 4) is 11.5 Å². The van der Waals surface area contributed by atoms with E-state index in [0.29, 0.717) is 37.2 Å². The number of carbonyl (C=O) groups is 2. The Bertz CT molecular complexity index is 1180. The first-order chi connectivity index (χ1) is 18.0. The number of rotatable bonds is 11. The number of aliphatic hydroxyl groups is 1. The van der Waals surface area contributed by atoms with Crippen molar-refractivity contribution in [2.75, 3.05) is 24.7 Å². The second kappa shape index (κ2) is 11.9. The number of hydrogen-bond acceptors (Lipinski definition) is 7. The van der Waals surface area contributed by atoms with Gasteiger partial charge in [0.1, 0.15) is 23.7 Å². The van der Waals surface area contributed by atoms with Gasteiger partial charge in [-0.05, 0) is 54.7 Å². The van der Waals surface area contributed by atoms with Gasteiger partial charge in [0.25, 0.3) is 0 Å². The summed E-state index contributed by atoms with van der Waals surface area (Å²) < 4.78 is 11.7. The lowest BCUT2D eigenvalue weighted by atomic mass is 9.79. The van der Waals surface area contributed by atoms with Crippen LogP contribution in [0.5, 0.6) is 11.5 Å². The number of esters is 1. The van der Waals surface area contributed by atoms with Crippen molar-refractivity contribution in [3.63, 3.8) is 0 Å². The highest BCUT2D eigenvalue weighted by Gasteiger charge is 2.50. The normalized spacial score (nSPS) is 19.4. The maximum atomic E-state index is 13.7. The predicted molar refractivity (Wildman–Crippen MR) is 141 cm³/mol. The minimum Gasteiger partial charge on any atom is -0.508 e. The van der Waals surface area contributed by atoms with Crippen molar-refractivity contribution in [1.29, 1.82) is 0 Å². The van der Waals surface area contributed by atoms with Gasteiger partial charge in [0.2, 0.25) is 0 Å². The molecular formula is C30H33NO6. The highest BCUT2D eigenvalue weighted by atomic mass is 16.6. The maximum Gasteiger partial charge on any atom is 0.337 e. The number of cyclic esters (lactones) is 1. The smallest absolute Gasteiger partial charge is 0.337 e. The molecule has 1 heterocycles. The quantitative estimate of drug-likeness (QED) is 0.296. The van der Waals surface area contributed by atoms with Crippen LogP contribution in [0, 0.1) is 0 Å². The lowest BCUT2D eigenvalue weighted by Crippen LogP contribution is -2.56. The van der Waals surface area contributed by atoms with Gasteiger partial charge in [-0.3, -0.25) is 4.79 Å². The molecule has 0 aliphatic carbocycles. The summed E-state index contributed by atoms with van der Waals surface area (Å²) in [6.07, 6.45) is 1.81. The lowest BCUT2D eigenvalue weighted by molar-refractivity contribution is -0.175. The van der Waals surface area contributed by atoms with Crippen molar-refractivity contribution in [2.45, 2.75) is 44.2 Å². The summed E-state index contributed by atoms with van der Waals surface area (Å²) in [6, 6.07) is 22.5.